The van der Waals surface area contributed by atoms with Gasteiger partial charge >= 0.3 is 0 Å². The minimum atomic E-state index is -0.689. The van der Waals surface area contributed by atoms with Crippen LogP contribution in [0.15, 0.2) is 40.2 Å². The lowest BCUT2D eigenvalue weighted by Gasteiger charge is -2.45. The van der Waals surface area contributed by atoms with Crippen molar-refractivity contribution in [2.45, 2.75) is 18.4 Å². The standard InChI is InChI=1S/C17H18BrN3O2S/c1-17(13-8-11(18)9-24-13)14(15(22)21(2)16(19)20-17)10-4-6-12(23-3)7-5-10/h4-9,14H,1-3H3,(H2,19,20)/t14-,17+/m0/s1. The van der Waals surface area contributed by atoms with E-state index >= 15 is 0 Å². The van der Waals surface area contributed by atoms with E-state index in [1.54, 1.807) is 25.5 Å². The van der Waals surface area contributed by atoms with Crippen LogP contribution in [-0.2, 0) is 10.3 Å². The lowest BCUT2D eigenvalue weighted by atomic mass is 9.77. The number of amides is 1. The molecule has 0 saturated carbocycles. The highest BCUT2D eigenvalue weighted by Crippen LogP contribution is 2.43. The molecule has 1 aromatic heterocycles. The second-order valence-corrected chi connectivity index (χ2v) is 7.74. The summed E-state index contributed by atoms with van der Waals surface area (Å²) in [6, 6.07) is 9.53. The maximum atomic E-state index is 13.0. The Labute approximate surface area is 153 Å². The Hall–Kier alpha value is -1.86. The van der Waals surface area contributed by atoms with Crippen molar-refractivity contribution in [3.63, 3.8) is 0 Å². The van der Waals surface area contributed by atoms with Gasteiger partial charge in [-0.2, -0.15) is 0 Å². The number of hydrogen-bond donors (Lipinski definition) is 2. The van der Waals surface area contributed by atoms with E-state index in [9.17, 15) is 4.79 Å². The zero-order valence-corrected chi connectivity index (χ0v) is 16.0. The zero-order valence-electron chi connectivity index (χ0n) is 13.6. The quantitative estimate of drug-likeness (QED) is 0.817. The van der Waals surface area contributed by atoms with Crippen LogP contribution in [-0.4, -0.2) is 30.9 Å². The van der Waals surface area contributed by atoms with Crippen molar-refractivity contribution in [3.8, 4) is 5.75 Å². The summed E-state index contributed by atoms with van der Waals surface area (Å²) in [5.74, 6) is 0.317. The highest BCUT2D eigenvalue weighted by Gasteiger charge is 2.49. The van der Waals surface area contributed by atoms with E-state index in [-0.39, 0.29) is 11.9 Å². The zero-order chi connectivity index (χ0) is 17.5. The molecule has 24 heavy (non-hydrogen) atoms. The smallest absolute Gasteiger partial charge is 0.239 e. The van der Waals surface area contributed by atoms with Crippen molar-refractivity contribution < 1.29 is 9.53 Å². The summed E-state index contributed by atoms with van der Waals surface area (Å²) in [5, 5.41) is 13.3. The highest BCUT2D eigenvalue weighted by atomic mass is 79.9. The lowest BCUT2D eigenvalue weighted by molar-refractivity contribution is -0.131. The van der Waals surface area contributed by atoms with E-state index < -0.39 is 11.5 Å². The molecular formula is C17H18BrN3O2S. The third-order valence-electron chi connectivity index (χ3n) is 4.40. The van der Waals surface area contributed by atoms with Crippen molar-refractivity contribution >= 4 is 39.1 Å². The van der Waals surface area contributed by atoms with Crippen LogP contribution in [0.5, 0.6) is 5.75 Å². The topological polar surface area (TPSA) is 65.4 Å². The fraction of sp³-hybridized carbons (Fsp3) is 0.294. The monoisotopic (exact) mass is 407 g/mol. The Bertz CT molecular complexity index is 789. The molecule has 126 valence electrons. The number of benzene rings is 1. The van der Waals surface area contributed by atoms with E-state index in [0.29, 0.717) is 0 Å². The fourth-order valence-electron chi connectivity index (χ4n) is 3.01. The maximum absolute atomic E-state index is 13.0. The molecule has 0 spiro atoms. The first kappa shape index (κ1) is 17.0. The molecule has 0 radical (unpaired) electrons. The first-order valence-electron chi connectivity index (χ1n) is 7.39. The molecule has 1 amide bonds. The van der Waals surface area contributed by atoms with Crippen LogP contribution in [0.25, 0.3) is 0 Å². The molecular weight excluding hydrogens is 390 g/mol. The molecule has 0 unspecified atom stereocenters. The second-order valence-electron chi connectivity index (χ2n) is 5.91. The van der Waals surface area contributed by atoms with Gasteiger partial charge in [0.15, 0.2) is 5.96 Å². The number of methoxy groups -OCH3 is 1. The van der Waals surface area contributed by atoms with Gasteiger partial charge in [0.2, 0.25) is 5.91 Å². The third-order valence-corrected chi connectivity index (χ3v) is 6.33. The predicted octanol–water partition coefficient (Wildman–Crippen LogP) is 3.51. The van der Waals surface area contributed by atoms with E-state index in [4.69, 9.17) is 10.1 Å². The summed E-state index contributed by atoms with van der Waals surface area (Å²) in [6.07, 6.45) is 0. The average Bonchev–Trinajstić information content (AvgIpc) is 3.01. The minimum Gasteiger partial charge on any atom is -0.497 e. The van der Waals surface area contributed by atoms with Crippen molar-refractivity contribution in [1.82, 2.24) is 10.2 Å². The van der Waals surface area contributed by atoms with Gasteiger partial charge in [0.25, 0.3) is 0 Å². The van der Waals surface area contributed by atoms with Crippen LogP contribution in [0, 0.1) is 5.41 Å². The third kappa shape index (κ3) is 2.71. The number of nitrogens with zero attached hydrogens (tertiary/aromatic N) is 1. The number of likely N-dealkylation sites (N-methyl/N-ethyl adjacent to an activating group) is 1. The molecule has 1 fully saturated rings. The number of thiophene rings is 1. The number of rotatable bonds is 3. The maximum Gasteiger partial charge on any atom is 0.239 e. The number of nitrogens with one attached hydrogen (secondary N) is 2. The number of halogens is 1. The Kier molecular flexibility index (Phi) is 4.40. The van der Waals surface area contributed by atoms with Crippen LogP contribution in [0.3, 0.4) is 0 Å². The predicted molar refractivity (Wildman–Crippen MR) is 98.7 cm³/mol. The second kappa shape index (κ2) is 6.22. The summed E-state index contributed by atoms with van der Waals surface area (Å²) >= 11 is 5.04. The van der Waals surface area contributed by atoms with Gasteiger partial charge in [-0.15, -0.1) is 11.3 Å². The molecule has 1 aliphatic rings. The number of ether oxygens (including phenoxy) is 1. The molecule has 1 saturated heterocycles. The van der Waals surface area contributed by atoms with Gasteiger partial charge in [-0.1, -0.05) is 12.1 Å². The number of guanidine groups is 1. The SMILES string of the molecule is COc1ccc([C@H]2C(=O)N(C)C(=N)N[C@]2(C)c2cc(Br)cs2)cc1. The molecule has 1 aromatic carbocycles. The molecule has 2 atom stereocenters. The molecule has 3 rings (SSSR count). The number of carbonyl (C=O) groups is 1. The lowest BCUT2D eigenvalue weighted by Crippen LogP contribution is -2.62. The summed E-state index contributed by atoms with van der Waals surface area (Å²) in [6.45, 7) is 1.97. The number of carbonyl (C=O) groups excluding carboxylic acids is 1. The number of hydrogen-bond acceptors (Lipinski definition) is 4. The van der Waals surface area contributed by atoms with Gasteiger partial charge in [-0.25, -0.2) is 0 Å². The average molecular weight is 408 g/mol. The normalized spacial score (nSPS) is 24.0. The largest absolute Gasteiger partial charge is 0.497 e. The van der Waals surface area contributed by atoms with Crippen LogP contribution in [0.1, 0.15) is 23.3 Å². The Morgan fingerprint density at radius 3 is 2.58 bits per heavy atom. The first-order chi connectivity index (χ1) is 11.4. The molecule has 1 aliphatic heterocycles. The Morgan fingerprint density at radius 2 is 2.04 bits per heavy atom. The summed E-state index contributed by atoms with van der Waals surface area (Å²) in [7, 11) is 3.24. The van der Waals surface area contributed by atoms with Crippen molar-refractivity contribution in [1.29, 1.82) is 5.41 Å². The van der Waals surface area contributed by atoms with Crippen molar-refractivity contribution in [2.24, 2.45) is 0 Å². The van der Waals surface area contributed by atoms with Crippen LogP contribution < -0.4 is 10.1 Å². The summed E-state index contributed by atoms with van der Waals surface area (Å²) in [5.41, 5.74) is 0.200. The van der Waals surface area contributed by atoms with Crippen LogP contribution in [0.2, 0.25) is 0 Å². The molecule has 7 heteroatoms. The van der Waals surface area contributed by atoms with E-state index in [2.05, 4.69) is 21.2 Å². The van der Waals surface area contributed by atoms with Crippen LogP contribution >= 0.6 is 27.3 Å². The molecule has 5 nitrogen and oxygen atoms in total. The molecule has 2 N–H and O–H groups in total. The van der Waals surface area contributed by atoms with E-state index in [1.165, 1.54) is 4.90 Å². The van der Waals surface area contributed by atoms with Crippen molar-refractivity contribution in [3.05, 3.63) is 50.6 Å². The van der Waals surface area contributed by atoms with Gasteiger partial charge in [0.1, 0.15) is 5.75 Å². The highest BCUT2D eigenvalue weighted by molar-refractivity contribution is 9.10. The first-order valence-corrected chi connectivity index (χ1v) is 9.07. The Balaban J connectivity index is 2.12. The van der Waals surface area contributed by atoms with Crippen molar-refractivity contribution in [2.75, 3.05) is 14.2 Å². The molecule has 2 heterocycles. The Morgan fingerprint density at radius 1 is 1.38 bits per heavy atom. The minimum absolute atomic E-state index is 0.101. The van der Waals surface area contributed by atoms with Gasteiger partial charge < -0.3 is 10.1 Å². The fourth-order valence-corrected chi connectivity index (χ4v) is 4.59. The summed E-state index contributed by atoms with van der Waals surface area (Å²) < 4.78 is 6.18. The molecule has 0 aliphatic carbocycles. The van der Waals surface area contributed by atoms with Gasteiger partial charge in [0, 0.05) is 21.8 Å². The molecule has 0 bridgehead atoms. The summed E-state index contributed by atoms with van der Waals surface area (Å²) in [4.78, 5) is 15.4. The van der Waals surface area contributed by atoms with Gasteiger partial charge in [-0.05, 0) is 46.6 Å². The molecule has 2 aromatic rings. The van der Waals surface area contributed by atoms with E-state index in [1.807, 2.05) is 42.6 Å². The van der Waals surface area contributed by atoms with Gasteiger partial charge in [-0.3, -0.25) is 15.1 Å². The van der Waals surface area contributed by atoms with Gasteiger partial charge in [0.05, 0.1) is 18.6 Å². The van der Waals surface area contributed by atoms with E-state index in [0.717, 1.165) is 20.7 Å². The van der Waals surface area contributed by atoms with Crippen LogP contribution in [0.4, 0.5) is 0 Å².